The van der Waals surface area contributed by atoms with E-state index in [9.17, 15) is 4.79 Å². The van der Waals surface area contributed by atoms with E-state index >= 15 is 0 Å². The van der Waals surface area contributed by atoms with Gasteiger partial charge in [0.2, 0.25) is 0 Å². The lowest BCUT2D eigenvalue weighted by molar-refractivity contribution is 0.0600. The molecule has 0 saturated carbocycles. The SMILES string of the molecule is COC(=O)c1cccc(-n2c(C)cc([C@H]3[C@@H](c4ccccn4)NC(=S)N3c3ccc(OC(C)C)cc3)c2C)c1. The summed E-state index contributed by atoms with van der Waals surface area (Å²) >= 11 is 5.91. The topological polar surface area (TPSA) is 68.6 Å². The number of aryl methyl sites for hydroxylation is 1. The molecule has 200 valence electrons. The molecule has 3 heterocycles. The molecule has 0 unspecified atom stereocenters. The molecular formula is C31H32N4O3S. The average molecular weight is 541 g/mol. The molecular weight excluding hydrogens is 508 g/mol. The summed E-state index contributed by atoms with van der Waals surface area (Å²) in [5, 5.41) is 4.16. The van der Waals surface area contributed by atoms with Gasteiger partial charge in [-0.25, -0.2) is 4.79 Å². The molecule has 7 nitrogen and oxygen atoms in total. The maximum absolute atomic E-state index is 12.2. The molecule has 2 aromatic heterocycles. The van der Waals surface area contributed by atoms with Crippen LogP contribution in [0, 0.1) is 13.8 Å². The fourth-order valence-electron chi connectivity index (χ4n) is 5.28. The van der Waals surface area contributed by atoms with Gasteiger partial charge in [-0.2, -0.15) is 0 Å². The summed E-state index contributed by atoms with van der Waals surface area (Å²) in [5.74, 6) is 0.449. The van der Waals surface area contributed by atoms with Gasteiger partial charge in [-0.3, -0.25) is 4.98 Å². The number of methoxy groups -OCH3 is 1. The van der Waals surface area contributed by atoms with Crippen molar-refractivity contribution < 1.29 is 14.3 Å². The molecule has 1 saturated heterocycles. The molecule has 0 aliphatic carbocycles. The number of esters is 1. The molecule has 2 atom stereocenters. The third kappa shape index (κ3) is 5.12. The molecule has 0 amide bonds. The van der Waals surface area contributed by atoms with Gasteiger partial charge in [-0.1, -0.05) is 12.1 Å². The second-order valence-corrected chi connectivity index (χ2v) is 10.2. The number of carbonyl (C=O) groups excluding carboxylic acids is 1. The molecule has 2 aromatic carbocycles. The zero-order chi connectivity index (χ0) is 27.7. The summed E-state index contributed by atoms with van der Waals surface area (Å²) in [6.07, 6.45) is 1.90. The molecule has 0 radical (unpaired) electrons. The Balaban J connectivity index is 1.62. The summed E-state index contributed by atoms with van der Waals surface area (Å²) in [6, 6.07) is 23.3. The number of carbonyl (C=O) groups is 1. The molecule has 1 aliphatic heterocycles. The highest BCUT2D eigenvalue weighted by atomic mass is 32.1. The monoisotopic (exact) mass is 540 g/mol. The Labute approximate surface area is 234 Å². The van der Waals surface area contributed by atoms with Crippen LogP contribution in [0.25, 0.3) is 5.69 Å². The first-order valence-electron chi connectivity index (χ1n) is 12.9. The van der Waals surface area contributed by atoms with E-state index in [1.807, 2.05) is 74.5 Å². The average Bonchev–Trinajstić information content (AvgIpc) is 3.43. The van der Waals surface area contributed by atoms with Crippen LogP contribution in [0.15, 0.2) is 79.0 Å². The molecule has 1 fully saturated rings. The normalized spacial score (nSPS) is 16.9. The molecule has 0 spiro atoms. The van der Waals surface area contributed by atoms with Crippen LogP contribution in [0.3, 0.4) is 0 Å². The highest BCUT2D eigenvalue weighted by molar-refractivity contribution is 7.80. The summed E-state index contributed by atoms with van der Waals surface area (Å²) in [5.41, 5.74) is 6.48. The number of rotatable bonds is 7. The Bertz CT molecular complexity index is 1500. The van der Waals surface area contributed by atoms with Crippen LogP contribution < -0.4 is 15.0 Å². The lowest BCUT2D eigenvalue weighted by atomic mass is 9.96. The van der Waals surface area contributed by atoms with Gasteiger partial charge in [-0.05, 0) is 106 Å². The summed E-state index contributed by atoms with van der Waals surface area (Å²) in [7, 11) is 1.39. The fraction of sp³-hybridized carbons (Fsp3) is 0.258. The minimum atomic E-state index is -0.365. The lowest BCUT2D eigenvalue weighted by Gasteiger charge is -2.28. The summed E-state index contributed by atoms with van der Waals surface area (Å²) in [4.78, 5) is 19.1. The van der Waals surface area contributed by atoms with Crippen molar-refractivity contribution in [2.24, 2.45) is 0 Å². The van der Waals surface area contributed by atoms with Crippen LogP contribution in [-0.4, -0.2) is 33.8 Å². The van der Waals surface area contributed by atoms with E-state index in [1.165, 1.54) is 7.11 Å². The van der Waals surface area contributed by atoms with E-state index in [-0.39, 0.29) is 24.2 Å². The number of aromatic nitrogens is 2. The number of hydrogen-bond acceptors (Lipinski definition) is 5. The standard InChI is InChI=1S/C31H32N4O3S/c1-19(2)38-25-14-12-23(13-15-25)35-29(28(33-31(35)39)27-11-6-7-16-32-27)26-17-20(3)34(21(26)4)24-10-8-9-22(18-24)30(36)37-5/h6-19,28-29H,1-5H3,(H,33,39)/t28-,29+/m1/s1. The van der Waals surface area contributed by atoms with E-state index in [2.05, 4.69) is 39.7 Å². The van der Waals surface area contributed by atoms with Crippen molar-refractivity contribution in [3.05, 3.63) is 107 Å². The van der Waals surface area contributed by atoms with Gasteiger partial charge in [0.05, 0.1) is 36.6 Å². The van der Waals surface area contributed by atoms with Crippen LogP contribution in [-0.2, 0) is 4.74 Å². The highest BCUT2D eigenvalue weighted by Crippen LogP contribution is 2.44. The Hall–Kier alpha value is -4.17. The number of anilines is 1. The maximum Gasteiger partial charge on any atom is 0.337 e. The number of thiocarbonyl (C=S) groups is 1. The Morgan fingerprint density at radius 3 is 2.44 bits per heavy atom. The van der Waals surface area contributed by atoms with Gasteiger partial charge in [0.25, 0.3) is 0 Å². The fourth-order valence-corrected chi connectivity index (χ4v) is 5.63. The van der Waals surface area contributed by atoms with Crippen molar-refractivity contribution in [3.63, 3.8) is 0 Å². The van der Waals surface area contributed by atoms with Crippen molar-refractivity contribution in [1.29, 1.82) is 0 Å². The number of pyridine rings is 1. The van der Waals surface area contributed by atoms with Crippen LogP contribution in [0.1, 0.15) is 58.9 Å². The van der Waals surface area contributed by atoms with Gasteiger partial charge in [-0.15, -0.1) is 0 Å². The predicted octanol–water partition coefficient (Wildman–Crippen LogP) is 6.24. The van der Waals surface area contributed by atoms with Gasteiger partial charge in [0.15, 0.2) is 5.11 Å². The summed E-state index contributed by atoms with van der Waals surface area (Å²) in [6.45, 7) is 8.19. The second kappa shape index (κ2) is 10.9. The van der Waals surface area contributed by atoms with E-state index in [0.29, 0.717) is 10.7 Å². The van der Waals surface area contributed by atoms with Crippen LogP contribution in [0.2, 0.25) is 0 Å². The first kappa shape index (κ1) is 26.4. The highest BCUT2D eigenvalue weighted by Gasteiger charge is 2.42. The van der Waals surface area contributed by atoms with E-state index in [0.717, 1.165) is 39.8 Å². The third-order valence-corrected chi connectivity index (χ3v) is 7.21. The number of hydrogen-bond donors (Lipinski definition) is 1. The Morgan fingerprint density at radius 1 is 1.00 bits per heavy atom. The number of benzene rings is 2. The Morgan fingerprint density at radius 2 is 1.77 bits per heavy atom. The van der Waals surface area contributed by atoms with E-state index in [1.54, 1.807) is 12.3 Å². The van der Waals surface area contributed by atoms with Gasteiger partial charge >= 0.3 is 5.97 Å². The van der Waals surface area contributed by atoms with E-state index < -0.39 is 0 Å². The van der Waals surface area contributed by atoms with Crippen LogP contribution in [0.5, 0.6) is 5.75 Å². The molecule has 0 bridgehead atoms. The van der Waals surface area contributed by atoms with Crippen molar-refractivity contribution in [1.82, 2.24) is 14.9 Å². The molecule has 1 aliphatic rings. The van der Waals surface area contributed by atoms with Crippen molar-refractivity contribution >= 4 is 29.0 Å². The molecule has 5 rings (SSSR count). The first-order chi connectivity index (χ1) is 18.8. The zero-order valence-corrected chi connectivity index (χ0v) is 23.5. The van der Waals surface area contributed by atoms with Crippen LogP contribution >= 0.6 is 12.2 Å². The number of nitrogens with one attached hydrogen (secondary N) is 1. The Kier molecular flexibility index (Phi) is 7.39. The van der Waals surface area contributed by atoms with Crippen molar-refractivity contribution in [2.45, 2.75) is 45.9 Å². The molecule has 39 heavy (non-hydrogen) atoms. The van der Waals surface area contributed by atoms with E-state index in [4.69, 9.17) is 21.7 Å². The predicted molar refractivity (Wildman–Crippen MR) is 157 cm³/mol. The summed E-state index contributed by atoms with van der Waals surface area (Å²) < 4.78 is 13.0. The first-order valence-corrected chi connectivity index (χ1v) is 13.3. The lowest BCUT2D eigenvalue weighted by Crippen LogP contribution is -2.29. The smallest absolute Gasteiger partial charge is 0.337 e. The molecule has 8 heteroatoms. The quantitative estimate of drug-likeness (QED) is 0.220. The minimum absolute atomic E-state index is 0.0924. The van der Waals surface area contributed by atoms with Gasteiger partial charge < -0.3 is 24.3 Å². The second-order valence-electron chi connectivity index (χ2n) is 9.86. The van der Waals surface area contributed by atoms with Crippen molar-refractivity contribution in [2.75, 3.05) is 12.0 Å². The third-order valence-electron chi connectivity index (χ3n) is 6.90. The number of nitrogens with zero attached hydrogens (tertiary/aromatic N) is 3. The van der Waals surface area contributed by atoms with Gasteiger partial charge in [0, 0.05) is 29.0 Å². The number of ether oxygens (including phenoxy) is 2. The minimum Gasteiger partial charge on any atom is -0.491 e. The maximum atomic E-state index is 12.2. The zero-order valence-electron chi connectivity index (χ0n) is 22.7. The van der Waals surface area contributed by atoms with Crippen LogP contribution in [0.4, 0.5) is 5.69 Å². The molecule has 1 N–H and O–H groups in total. The molecule has 4 aromatic rings. The largest absolute Gasteiger partial charge is 0.491 e. The van der Waals surface area contributed by atoms with Gasteiger partial charge in [0.1, 0.15) is 5.75 Å². The van der Waals surface area contributed by atoms with Crippen molar-refractivity contribution in [3.8, 4) is 11.4 Å².